The smallest absolute Gasteiger partial charge is 0.116 e. The molecule has 1 saturated carbocycles. The van der Waals surface area contributed by atoms with Gasteiger partial charge < -0.3 is 19.9 Å². The first-order valence-electron chi connectivity index (χ1n) is 14.0. The molecule has 7 rings (SSSR count). The molecule has 1 aromatic heterocycles. The van der Waals surface area contributed by atoms with Gasteiger partial charge in [0.05, 0.1) is 11.4 Å². The lowest BCUT2D eigenvalue weighted by molar-refractivity contribution is 0.0321. The van der Waals surface area contributed by atoms with Crippen molar-refractivity contribution < 1.29 is 5.11 Å². The second-order valence-corrected chi connectivity index (χ2v) is 11.9. The maximum Gasteiger partial charge on any atom is 0.116 e. The summed E-state index contributed by atoms with van der Waals surface area (Å²) < 4.78 is 2.30. The highest BCUT2D eigenvalue weighted by atomic mass is 16.3. The second-order valence-electron chi connectivity index (χ2n) is 11.9. The average molecular weight is 508 g/mol. The van der Waals surface area contributed by atoms with Gasteiger partial charge in [0.15, 0.2) is 0 Å². The third kappa shape index (κ3) is 4.12. The highest BCUT2D eigenvalue weighted by Crippen LogP contribution is 2.54. The van der Waals surface area contributed by atoms with Crippen LogP contribution in [0.3, 0.4) is 0 Å². The molecule has 3 aliphatic rings. The predicted octanol–water partition coefficient (Wildman–Crippen LogP) is 4.83. The van der Waals surface area contributed by atoms with Crippen molar-refractivity contribution in [2.75, 3.05) is 46.3 Å². The Balaban J connectivity index is 1.28. The van der Waals surface area contributed by atoms with Gasteiger partial charge in [-0.3, -0.25) is 4.90 Å². The average Bonchev–Trinajstić information content (AvgIpc) is 3.20. The number of aromatic nitrogens is 2. The third-order valence-electron chi connectivity index (χ3n) is 9.18. The molecule has 0 atom stereocenters. The number of phenols is 1. The van der Waals surface area contributed by atoms with Crippen LogP contribution in [0.15, 0.2) is 60.7 Å². The Bertz CT molecular complexity index is 1470. The highest BCUT2D eigenvalue weighted by molar-refractivity contribution is 6.00. The molecule has 3 fully saturated rings. The quantitative estimate of drug-likeness (QED) is 0.405. The van der Waals surface area contributed by atoms with Crippen LogP contribution in [0.2, 0.25) is 0 Å². The van der Waals surface area contributed by atoms with Crippen molar-refractivity contribution in [3.63, 3.8) is 0 Å². The third-order valence-corrected chi connectivity index (χ3v) is 9.18. The van der Waals surface area contributed by atoms with Crippen LogP contribution >= 0.6 is 0 Å². The first-order valence-corrected chi connectivity index (χ1v) is 14.0. The van der Waals surface area contributed by atoms with Crippen LogP contribution in [0, 0.1) is 5.41 Å². The van der Waals surface area contributed by atoms with Crippen molar-refractivity contribution >= 4 is 10.8 Å². The van der Waals surface area contributed by atoms with E-state index >= 15 is 0 Å². The summed E-state index contributed by atoms with van der Waals surface area (Å²) in [4.78, 5) is 10.3. The van der Waals surface area contributed by atoms with Crippen LogP contribution in [0.25, 0.3) is 33.3 Å². The van der Waals surface area contributed by atoms with Crippen LogP contribution in [-0.4, -0.2) is 70.8 Å². The number of aromatic hydroxyl groups is 1. The molecule has 6 heteroatoms. The summed E-state index contributed by atoms with van der Waals surface area (Å²) in [6.07, 6.45) is 2.41. The number of benzene rings is 3. The summed E-state index contributed by atoms with van der Waals surface area (Å²) in [5.74, 6) is 1.94. The lowest BCUT2D eigenvalue weighted by atomic mass is 9.58. The van der Waals surface area contributed by atoms with E-state index in [-0.39, 0.29) is 5.75 Å². The Kier molecular flexibility index (Phi) is 5.80. The van der Waals surface area contributed by atoms with Gasteiger partial charge in [0.1, 0.15) is 11.6 Å². The predicted molar refractivity (Wildman–Crippen MR) is 153 cm³/mol. The number of imidazole rings is 1. The van der Waals surface area contributed by atoms with Gasteiger partial charge in [0, 0.05) is 69.9 Å². The lowest BCUT2D eigenvalue weighted by Gasteiger charge is -2.54. The largest absolute Gasteiger partial charge is 0.508 e. The fourth-order valence-electron chi connectivity index (χ4n) is 6.85. The maximum absolute atomic E-state index is 10.7. The molecule has 6 nitrogen and oxygen atoms in total. The summed E-state index contributed by atoms with van der Waals surface area (Å²) in [5, 5.41) is 16.3. The highest BCUT2D eigenvalue weighted by Gasteiger charge is 2.50. The molecule has 2 N–H and O–H groups in total. The molecule has 4 aromatic rings. The summed E-state index contributed by atoms with van der Waals surface area (Å²) in [6.45, 7) is 7.77. The number of hydrogen-bond acceptors (Lipinski definition) is 5. The number of fused-ring (bicyclic) bond motifs is 1. The number of nitrogens with zero attached hydrogens (tertiary/aromatic N) is 4. The van der Waals surface area contributed by atoms with Crippen molar-refractivity contribution in [2.45, 2.75) is 25.3 Å². The zero-order chi connectivity index (χ0) is 25.9. The van der Waals surface area contributed by atoms with Crippen molar-refractivity contribution in [3.8, 4) is 28.3 Å². The van der Waals surface area contributed by atoms with Gasteiger partial charge in [-0.2, -0.15) is 0 Å². The molecule has 0 unspecified atom stereocenters. The minimum Gasteiger partial charge on any atom is -0.508 e. The fourth-order valence-corrected chi connectivity index (χ4v) is 6.85. The standard InChI is InChI=1S/C32H37N5O/c1-35-11-13-37(14-12-35)19-22-7-9-23(10-8-22)29-30(28-16-26(38)15-24-5-3-4-6-27(24)28)36(2)31(34-29)25-17-32(18-25)20-33-21-32/h3-10,15-16,25,33,38H,11-14,17-21H2,1-2H3. The van der Waals surface area contributed by atoms with Gasteiger partial charge in [-0.25, -0.2) is 4.98 Å². The van der Waals surface area contributed by atoms with Crippen molar-refractivity contribution in [2.24, 2.45) is 12.5 Å². The Hall–Kier alpha value is -3.19. The summed E-state index contributed by atoms with van der Waals surface area (Å²) in [6, 6.07) is 21.1. The molecule has 0 bridgehead atoms. The van der Waals surface area contributed by atoms with E-state index in [0.717, 1.165) is 79.1 Å². The molecule has 2 saturated heterocycles. The maximum atomic E-state index is 10.7. The van der Waals surface area contributed by atoms with Gasteiger partial charge in [0.2, 0.25) is 0 Å². The summed E-state index contributed by atoms with van der Waals surface area (Å²) in [7, 11) is 4.36. The Labute approximate surface area is 224 Å². The Morgan fingerprint density at radius 1 is 0.947 bits per heavy atom. The first-order chi connectivity index (χ1) is 18.5. The number of phenolic OH excluding ortho intramolecular Hbond substituents is 1. The fraction of sp³-hybridized carbons (Fsp3) is 0.406. The van der Waals surface area contributed by atoms with E-state index < -0.39 is 0 Å². The lowest BCUT2D eigenvalue weighted by Crippen LogP contribution is -2.59. The SMILES string of the molecule is CN1CCN(Cc2ccc(-c3nc(C4CC5(CNC5)C4)n(C)c3-c3cc(O)cc4ccccc34)cc2)CC1. The van der Waals surface area contributed by atoms with E-state index in [1.54, 1.807) is 0 Å². The molecule has 2 aliphatic heterocycles. The monoisotopic (exact) mass is 507 g/mol. The summed E-state index contributed by atoms with van der Waals surface area (Å²) >= 11 is 0. The molecule has 0 radical (unpaired) electrons. The molecular weight excluding hydrogens is 470 g/mol. The number of piperazine rings is 1. The first kappa shape index (κ1) is 23.9. The van der Waals surface area contributed by atoms with Crippen LogP contribution in [0.5, 0.6) is 5.75 Å². The van der Waals surface area contributed by atoms with Crippen molar-refractivity contribution in [1.82, 2.24) is 24.7 Å². The van der Waals surface area contributed by atoms with E-state index in [1.807, 2.05) is 18.2 Å². The van der Waals surface area contributed by atoms with Crippen molar-refractivity contribution in [1.29, 1.82) is 0 Å². The van der Waals surface area contributed by atoms with Crippen LogP contribution in [0.4, 0.5) is 0 Å². The molecule has 3 aromatic carbocycles. The van der Waals surface area contributed by atoms with Crippen LogP contribution in [0.1, 0.15) is 30.1 Å². The number of likely N-dealkylation sites (N-methyl/N-ethyl adjacent to an activating group) is 1. The van der Waals surface area contributed by atoms with E-state index in [9.17, 15) is 5.11 Å². The van der Waals surface area contributed by atoms with E-state index in [1.165, 1.54) is 24.2 Å². The van der Waals surface area contributed by atoms with Crippen LogP contribution in [-0.2, 0) is 13.6 Å². The Morgan fingerprint density at radius 3 is 2.39 bits per heavy atom. The zero-order valence-corrected chi connectivity index (χ0v) is 22.5. The molecular formula is C32H37N5O. The molecule has 0 amide bonds. The normalized spacial score (nSPS) is 20.1. The molecule has 1 aliphatic carbocycles. The topological polar surface area (TPSA) is 56.6 Å². The van der Waals surface area contributed by atoms with Gasteiger partial charge >= 0.3 is 0 Å². The van der Waals surface area contributed by atoms with Gasteiger partial charge in [-0.05, 0) is 53.8 Å². The molecule has 38 heavy (non-hydrogen) atoms. The molecule has 196 valence electrons. The molecule has 1 spiro atoms. The number of rotatable bonds is 5. The van der Waals surface area contributed by atoms with E-state index in [4.69, 9.17) is 4.98 Å². The van der Waals surface area contributed by atoms with Gasteiger partial charge in [-0.1, -0.05) is 48.5 Å². The number of nitrogens with one attached hydrogen (secondary N) is 1. The second kappa shape index (κ2) is 9.23. The van der Waals surface area contributed by atoms with Gasteiger partial charge in [-0.15, -0.1) is 0 Å². The van der Waals surface area contributed by atoms with Crippen LogP contribution < -0.4 is 5.32 Å². The zero-order valence-electron chi connectivity index (χ0n) is 22.5. The number of hydrogen-bond donors (Lipinski definition) is 2. The van der Waals surface area contributed by atoms with E-state index in [2.05, 4.69) is 76.2 Å². The minimum atomic E-state index is 0.290. The van der Waals surface area contributed by atoms with Crippen molar-refractivity contribution in [3.05, 3.63) is 72.1 Å². The summed E-state index contributed by atoms with van der Waals surface area (Å²) in [5.41, 5.74) is 6.11. The van der Waals surface area contributed by atoms with E-state index in [0.29, 0.717) is 11.3 Å². The Morgan fingerprint density at radius 2 is 1.68 bits per heavy atom. The van der Waals surface area contributed by atoms with Gasteiger partial charge in [0.25, 0.3) is 0 Å². The minimum absolute atomic E-state index is 0.290. The molecule has 3 heterocycles.